The van der Waals surface area contributed by atoms with Crippen molar-refractivity contribution >= 4 is 5.69 Å². The van der Waals surface area contributed by atoms with Gasteiger partial charge in [-0.2, -0.15) is 0 Å². The second-order valence-electron chi connectivity index (χ2n) is 5.23. The van der Waals surface area contributed by atoms with Crippen molar-refractivity contribution in [2.24, 2.45) is 0 Å². The van der Waals surface area contributed by atoms with Gasteiger partial charge in [0.25, 0.3) is 0 Å². The second-order valence-corrected chi connectivity index (χ2v) is 5.23. The summed E-state index contributed by atoms with van der Waals surface area (Å²) in [7, 11) is 3.65. The third-order valence-electron chi connectivity index (χ3n) is 3.33. The molecular formula is C17H20F2N2. The van der Waals surface area contributed by atoms with E-state index in [1.54, 1.807) is 23.1 Å². The molecule has 2 aromatic carbocycles. The fourth-order valence-electron chi connectivity index (χ4n) is 2.13. The molecule has 0 heterocycles. The summed E-state index contributed by atoms with van der Waals surface area (Å²) in [6.45, 7) is 1.47. The molecule has 0 atom stereocenters. The summed E-state index contributed by atoms with van der Waals surface area (Å²) < 4.78 is 26.4. The van der Waals surface area contributed by atoms with Gasteiger partial charge >= 0.3 is 0 Å². The topological polar surface area (TPSA) is 15.3 Å². The third-order valence-corrected chi connectivity index (χ3v) is 3.33. The van der Waals surface area contributed by atoms with E-state index in [0.29, 0.717) is 12.2 Å². The maximum absolute atomic E-state index is 13.6. The number of nitrogens with one attached hydrogen (secondary N) is 1. The van der Waals surface area contributed by atoms with Gasteiger partial charge in [-0.05, 0) is 48.4 Å². The molecule has 0 aromatic heterocycles. The molecule has 0 radical (unpaired) electrons. The standard InChI is InChI=1S/C17H20F2N2/c1-21(2)17-11-14(5-8-16(17)19)12-20-10-9-13-3-6-15(18)7-4-13/h3-8,11,20H,9-10,12H2,1-2H3. The molecule has 0 aliphatic rings. The van der Waals surface area contributed by atoms with Crippen molar-refractivity contribution in [2.45, 2.75) is 13.0 Å². The van der Waals surface area contributed by atoms with Crippen molar-refractivity contribution in [3.05, 3.63) is 65.2 Å². The number of rotatable bonds is 6. The van der Waals surface area contributed by atoms with Gasteiger partial charge in [0.05, 0.1) is 5.69 Å². The van der Waals surface area contributed by atoms with Gasteiger partial charge in [0, 0.05) is 20.6 Å². The van der Waals surface area contributed by atoms with Gasteiger partial charge in [-0.15, -0.1) is 0 Å². The second kappa shape index (κ2) is 7.18. The Morgan fingerprint density at radius 3 is 2.29 bits per heavy atom. The van der Waals surface area contributed by atoms with Gasteiger partial charge < -0.3 is 10.2 Å². The van der Waals surface area contributed by atoms with Crippen LogP contribution >= 0.6 is 0 Å². The predicted octanol–water partition coefficient (Wildman–Crippen LogP) is 3.36. The highest BCUT2D eigenvalue weighted by Gasteiger charge is 2.05. The van der Waals surface area contributed by atoms with E-state index in [1.165, 1.54) is 18.2 Å². The Balaban J connectivity index is 1.83. The van der Waals surface area contributed by atoms with Crippen LogP contribution in [0.5, 0.6) is 0 Å². The first-order valence-electron chi connectivity index (χ1n) is 6.97. The summed E-state index contributed by atoms with van der Waals surface area (Å²) in [6, 6.07) is 11.6. The van der Waals surface area contributed by atoms with E-state index in [0.717, 1.165) is 24.1 Å². The van der Waals surface area contributed by atoms with Crippen LogP contribution in [0.15, 0.2) is 42.5 Å². The van der Waals surface area contributed by atoms with Gasteiger partial charge in [-0.25, -0.2) is 8.78 Å². The molecule has 0 aliphatic carbocycles. The smallest absolute Gasteiger partial charge is 0.146 e. The number of anilines is 1. The van der Waals surface area contributed by atoms with Crippen LogP contribution in [0.3, 0.4) is 0 Å². The van der Waals surface area contributed by atoms with E-state index in [2.05, 4.69) is 5.32 Å². The Bertz CT molecular complexity index is 580. The van der Waals surface area contributed by atoms with Gasteiger partial charge in [-0.3, -0.25) is 0 Å². The van der Waals surface area contributed by atoms with E-state index >= 15 is 0 Å². The fourth-order valence-corrected chi connectivity index (χ4v) is 2.13. The zero-order valence-corrected chi connectivity index (χ0v) is 12.4. The molecule has 0 saturated heterocycles. The van der Waals surface area contributed by atoms with Crippen LogP contribution in [0.2, 0.25) is 0 Å². The third kappa shape index (κ3) is 4.53. The molecule has 0 aliphatic heterocycles. The normalized spacial score (nSPS) is 10.7. The molecule has 0 spiro atoms. The molecule has 0 unspecified atom stereocenters. The number of benzene rings is 2. The van der Waals surface area contributed by atoms with Crippen LogP contribution in [0, 0.1) is 11.6 Å². The van der Waals surface area contributed by atoms with Crippen LogP contribution in [0.4, 0.5) is 14.5 Å². The molecule has 0 fully saturated rings. The van der Waals surface area contributed by atoms with E-state index in [1.807, 2.05) is 20.2 Å². The Hall–Kier alpha value is -1.94. The summed E-state index contributed by atoms with van der Waals surface area (Å²) in [5.74, 6) is -0.427. The summed E-state index contributed by atoms with van der Waals surface area (Å²) in [5, 5.41) is 3.32. The zero-order valence-electron chi connectivity index (χ0n) is 12.4. The molecule has 2 nitrogen and oxygen atoms in total. The lowest BCUT2D eigenvalue weighted by Gasteiger charge is -2.15. The average molecular weight is 290 g/mol. The van der Waals surface area contributed by atoms with Crippen LogP contribution in [0.25, 0.3) is 0 Å². The SMILES string of the molecule is CN(C)c1cc(CNCCc2ccc(F)cc2)ccc1F. The van der Waals surface area contributed by atoms with Crippen molar-refractivity contribution in [1.82, 2.24) is 5.32 Å². The summed E-state index contributed by atoms with van der Waals surface area (Å²) in [4.78, 5) is 1.76. The van der Waals surface area contributed by atoms with Gasteiger partial charge in [0.2, 0.25) is 0 Å². The number of nitrogens with zero attached hydrogens (tertiary/aromatic N) is 1. The molecule has 2 aromatic rings. The first kappa shape index (κ1) is 15.4. The van der Waals surface area contributed by atoms with E-state index in [9.17, 15) is 8.78 Å². The van der Waals surface area contributed by atoms with Crippen LogP contribution in [-0.4, -0.2) is 20.6 Å². The Morgan fingerprint density at radius 2 is 1.62 bits per heavy atom. The molecule has 21 heavy (non-hydrogen) atoms. The molecular weight excluding hydrogens is 270 g/mol. The highest BCUT2D eigenvalue weighted by atomic mass is 19.1. The van der Waals surface area contributed by atoms with Gasteiger partial charge in [-0.1, -0.05) is 18.2 Å². The van der Waals surface area contributed by atoms with Crippen molar-refractivity contribution in [1.29, 1.82) is 0 Å². The minimum absolute atomic E-state index is 0.213. The first-order chi connectivity index (χ1) is 10.1. The molecule has 0 saturated carbocycles. The van der Waals surface area contributed by atoms with Crippen LogP contribution in [0.1, 0.15) is 11.1 Å². The van der Waals surface area contributed by atoms with Crippen molar-refractivity contribution in [2.75, 3.05) is 25.5 Å². The quantitative estimate of drug-likeness (QED) is 0.821. The Labute approximate surface area is 124 Å². The van der Waals surface area contributed by atoms with E-state index < -0.39 is 0 Å². The summed E-state index contributed by atoms with van der Waals surface area (Å²) in [5.41, 5.74) is 2.73. The van der Waals surface area contributed by atoms with Crippen molar-refractivity contribution in [3.63, 3.8) is 0 Å². The average Bonchev–Trinajstić information content (AvgIpc) is 2.46. The maximum atomic E-state index is 13.6. The van der Waals surface area contributed by atoms with Crippen molar-refractivity contribution < 1.29 is 8.78 Å². The highest BCUT2D eigenvalue weighted by Crippen LogP contribution is 2.18. The van der Waals surface area contributed by atoms with Gasteiger partial charge in [0.1, 0.15) is 11.6 Å². The lowest BCUT2D eigenvalue weighted by atomic mass is 10.1. The molecule has 2 rings (SSSR count). The Morgan fingerprint density at radius 1 is 0.952 bits per heavy atom. The Kier molecular flexibility index (Phi) is 5.28. The minimum Gasteiger partial charge on any atom is -0.375 e. The molecule has 4 heteroatoms. The monoisotopic (exact) mass is 290 g/mol. The van der Waals surface area contributed by atoms with E-state index in [4.69, 9.17) is 0 Å². The lowest BCUT2D eigenvalue weighted by Crippen LogP contribution is -2.17. The van der Waals surface area contributed by atoms with Crippen LogP contribution < -0.4 is 10.2 Å². The molecule has 0 amide bonds. The fraction of sp³-hybridized carbons (Fsp3) is 0.294. The number of halogens is 2. The molecule has 0 bridgehead atoms. The highest BCUT2D eigenvalue weighted by molar-refractivity contribution is 5.48. The minimum atomic E-state index is -0.214. The van der Waals surface area contributed by atoms with E-state index in [-0.39, 0.29) is 11.6 Å². The summed E-state index contributed by atoms with van der Waals surface area (Å²) >= 11 is 0. The summed E-state index contributed by atoms with van der Waals surface area (Å²) in [6.07, 6.45) is 0.835. The number of hydrogen-bond donors (Lipinski definition) is 1. The predicted molar refractivity (Wildman–Crippen MR) is 82.5 cm³/mol. The first-order valence-corrected chi connectivity index (χ1v) is 6.97. The lowest BCUT2D eigenvalue weighted by molar-refractivity contribution is 0.622. The zero-order chi connectivity index (χ0) is 15.2. The number of hydrogen-bond acceptors (Lipinski definition) is 2. The molecule has 112 valence electrons. The van der Waals surface area contributed by atoms with Crippen LogP contribution in [-0.2, 0) is 13.0 Å². The largest absolute Gasteiger partial charge is 0.375 e. The molecule has 1 N–H and O–H groups in total. The van der Waals surface area contributed by atoms with Gasteiger partial charge in [0.15, 0.2) is 0 Å². The van der Waals surface area contributed by atoms with Crippen molar-refractivity contribution in [3.8, 4) is 0 Å². The maximum Gasteiger partial charge on any atom is 0.146 e.